The Morgan fingerprint density at radius 2 is 1.69 bits per heavy atom. The number of benzene rings is 2. The van der Waals surface area contributed by atoms with Gasteiger partial charge in [0, 0.05) is 5.39 Å². The van der Waals surface area contributed by atoms with Crippen LogP contribution < -0.4 is 15.4 Å². The molecule has 3 aromatic rings. The van der Waals surface area contributed by atoms with Crippen molar-refractivity contribution in [1.82, 2.24) is 4.98 Å². The largest absolute Gasteiger partial charge is 0.481 e. The highest BCUT2D eigenvalue weighted by atomic mass is 19.4. The molecule has 0 bridgehead atoms. The molecule has 8 heteroatoms. The van der Waals surface area contributed by atoms with Crippen LogP contribution in [-0.2, 0) is 5.72 Å². The van der Waals surface area contributed by atoms with E-state index in [1.807, 2.05) is 0 Å². The van der Waals surface area contributed by atoms with Gasteiger partial charge in [-0.05, 0) is 18.2 Å². The third kappa shape index (κ3) is 2.26. The molecule has 0 aliphatic carbocycles. The van der Waals surface area contributed by atoms with E-state index >= 15 is 0 Å². The first-order valence-corrected chi connectivity index (χ1v) is 7.75. The van der Waals surface area contributed by atoms with Crippen LogP contribution in [0.5, 0.6) is 5.88 Å². The van der Waals surface area contributed by atoms with Crippen molar-refractivity contribution >= 4 is 28.0 Å². The van der Waals surface area contributed by atoms with Gasteiger partial charge >= 0.3 is 6.18 Å². The minimum atomic E-state index is -5.03. The minimum absolute atomic E-state index is 0.0877. The van der Waals surface area contributed by atoms with E-state index in [0.717, 1.165) is 0 Å². The fourth-order valence-corrected chi connectivity index (χ4v) is 3.11. The Hall–Kier alpha value is -3.00. The molecule has 26 heavy (non-hydrogen) atoms. The number of nitrogens with one attached hydrogen (secondary N) is 2. The maximum Gasteiger partial charge on any atom is 0.441 e. The van der Waals surface area contributed by atoms with Crippen LogP contribution in [0, 0.1) is 0 Å². The highest BCUT2D eigenvalue weighted by Crippen LogP contribution is 2.51. The Labute approximate surface area is 146 Å². The van der Waals surface area contributed by atoms with Gasteiger partial charge in [0.15, 0.2) is 0 Å². The lowest BCUT2D eigenvalue weighted by atomic mass is 9.98. The van der Waals surface area contributed by atoms with Crippen LogP contribution in [0.15, 0.2) is 48.5 Å². The molecule has 3 N–H and O–H groups in total. The quantitative estimate of drug-likeness (QED) is 0.608. The number of aliphatic hydroxyl groups is 1. The molecular weight excluding hydrogens is 347 g/mol. The summed E-state index contributed by atoms with van der Waals surface area (Å²) in [5, 5.41) is 16.4. The summed E-state index contributed by atoms with van der Waals surface area (Å²) in [7, 11) is 1.21. The number of methoxy groups -OCH3 is 1. The Morgan fingerprint density at radius 3 is 2.38 bits per heavy atom. The van der Waals surface area contributed by atoms with Crippen LogP contribution in [-0.4, -0.2) is 23.4 Å². The summed E-state index contributed by atoms with van der Waals surface area (Å²) >= 11 is 0. The normalized spacial score (nSPS) is 19.0. The van der Waals surface area contributed by atoms with Crippen molar-refractivity contribution in [2.75, 3.05) is 17.7 Å². The molecular formula is C18H14F3N3O2. The second-order valence-electron chi connectivity index (χ2n) is 5.89. The SMILES string of the molecule is COc1nc2ccccc2c2c1C(O)(C(F)(F)F)Nc1ccccc1N2. The van der Waals surface area contributed by atoms with Gasteiger partial charge in [-0.2, -0.15) is 13.2 Å². The molecule has 2 heterocycles. The van der Waals surface area contributed by atoms with E-state index in [1.54, 1.807) is 42.5 Å². The van der Waals surface area contributed by atoms with Crippen LogP contribution in [0.4, 0.5) is 30.2 Å². The number of fused-ring (bicyclic) bond motifs is 4. The topological polar surface area (TPSA) is 66.4 Å². The summed E-state index contributed by atoms with van der Waals surface area (Å²) in [6.07, 6.45) is -5.03. The Kier molecular flexibility index (Phi) is 3.48. The standard InChI is InChI=1S/C18H14F3N3O2/c1-26-16-14-15(10-6-2-3-7-11(10)23-16)22-12-8-4-5-9-13(12)24-17(14,25)18(19,20)21/h2-9,22,24-25H,1H3. The second-order valence-corrected chi connectivity index (χ2v) is 5.89. The minimum Gasteiger partial charge on any atom is -0.481 e. The molecule has 1 aromatic heterocycles. The van der Waals surface area contributed by atoms with Crippen molar-refractivity contribution in [2.45, 2.75) is 11.9 Å². The predicted octanol–water partition coefficient (Wildman–Crippen LogP) is 4.12. The lowest BCUT2D eigenvalue weighted by molar-refractivity contribution is -0.254. The molecule has 1 unspecified atom stereocenters. The summed E-state index contributed by atoms with van der Waals surface area (Å²) < 4.78 is 47.0. The van der Waals surface area contributed by atoms with Crippen LogP contribution in [0.2, 0.25) is 0 Å². The molecule has 2 aromatic carbocycles. The number of hydrogen-bond acceptors (Lipinski definition) is 5. The number of ether oxygens (including phenoxy) is 1. The van der Waals surface area contributed by atoms with Crippen LogP contribution in [0.3, 0.4) is 0 Å². The predicted molar refractivity (Wildman–Crippen MR) is 91.6 cm³/mol. The van der Waals surface area contributed by atoms with Crippen molar-refractivity contribution < 1.29 is 23.0 Å². The van der Waals surface area contributed by atoms with Crippen molar-refractivity contribution in [3.8, 4) is 5.88 Å². The van der Waals surface area contributed by atoms with E-state index < -0.39 is 17.5 Å². The molecule has 1 atom stereocenters. The molecule has 134 valence electrons. The van der Waals surface area contributed by atoms with Gasteiger partial charge in [0.2, 0.25) is 5.88 Å². The Morgan fingerprint density at radius 1 is 1.04 bits per heavy atom. The first kappa shape index (κ1) is 16.5. The zero-order chi connectivity index (χ0) is 18.5. The highest BCUT2D eigenvalue weighted by Gasteiger charge is 2.59. The van der Waals surface area contributed by atoms with Gasteiger partial charge in [-0.25, -0.2) is 4.98 Å². The first-order chi connectivity index (χ1) is 12.3. The third-order valence-electron chi connectivity index (χ3n) is 4.33. The van der Waals surface area contributed by atoms with Gasteiger partial charge in [0.05, 0.1) is 35.3 Å². The lowest BCUT2D eigenvalue weighted by Gasteiger charge is -2.32. The Balaban J connectivity index is 2.15. The van der Waals surface area contributed by atoms with Gasteiger partial charge in [-0.3, -0.25) is 0 Å². The number of nitrogens with zero attached hydrogens (tertiary/aromatic N) is 1. The van der Waals surface area contributed by atoms with Gasteiger partial charge in [0.1, 0.15) is 0 Å². The second kappa shape index (κ2) is 5.50. The zero-order valence-electron chi connectivity index (χ0n) is 13.6. The maximum absolute atomic E-state index is 14.0. The molecule has 5 nitrogen and oxygen atoms in total. The fraction of sp³-hybridized carbons (Fsp3) is 0.167. The number of para-hydroxylation sites is 3. The molecule has 0 spiro atoms. The van der Waals surface area contributed by atoms with E-state index in [0.29, 0.717) is 16.6 Å². The summed E-state index contributed by atoms with van der Waals surface area (Å²) in [5.74, 6) is -0.314. The van der Waals surface area contributed by atoms with Crippen LogP contribution in [0.1, 0.15) is 5.56 Å². The van der Waals surface area contributed by atoms with Crippen molar-refractivity contribution in [3.63, 3.8) is 0 Å². The number of anilines is 3. The number of pyridine rings is 1. The summed E-state index contributed by atoms with van der Waals surface area (Å²) in [5.41, 5.74) is -2.86. The molecule has 0 saturated carbocycles. The van der Waals surface area contributed by atoms with Gasteiger partial charge < -0.3 is 20.5 Å². The monoisotopic (exact) mass is 361 g/mol. The molecule has 0 saturated heterocycles. The molecule has 1 aliphatic heterocycles. The van der Waals surface area contributed by atoms with E-state index in [2.05, 4.69) is 15.6 Å². The van der Waals surface area contributed by atoms with E-state index in [9.17, 15) is 18.3 Å². The number of alkyl halides is 3. The van der Waals surface area contributed by atoms with Crippen molar-refractivity contribution in [3.05, 3.63) is 54.1 Å². The van der Waals surface area contributed by atoms with Gasteiger partial charge in [0.25, 0.3) is 5.72 Å². The van der Waals surface area contributed by atoms with E-state index in [-0.39, 0.29) is 17.3 Å². The first-order valence-electron chi connectivity index (χ1n) is 7.75. The Bertz CT molecular complexity index is 1010. The fourth-order valence-electron chi connectivity index (χ4n) is 3.11. The smallest absolute Gasteiger partial charge is 0.441 e. The maximum atomic E-state index is 14.0. The summed E-state index contributed by atoms with van der Waals surface area (Å²) in [6, 6.07) is 13.0. The van der Waals surface area contributed by atoms with Crippen LogP contribution >= 0.6 is 0 Å². The zero-order valence-corrected chi connectivity index (χ0v) is 13.6. The third-order valence-corrected chi connectivity index (χ3v) is 4.33. The average Bonchev–Trinajstić information content (AvgIpc) is 2.75. The molecule has 1 aliphatic rings. The van der Waals surface area contributed by atoms with Gasteiger partial charge in [-0.15, -0.1) is 0 Å². The summed E-state index contributed by atoms with van der Waals surface area (Å²) in [6.45, 7) is 0. The number of aromatic nitrogens is 1. The van der Waals surface area contributed by atoms with E-state index in [4.69, 9.17) is 4.74 Å². The number of rotatable bonds is 1. The van der Waals surface area contributed by atoms with Crippen molar-refractivity contribution in [1.29, 1.82) is 0 Å². The molecule has 0 amide bonds. The summed E-state index contributed by atoms with van der Waals surface area (Å²) in [4.78, 5) is 4.16. The molecule has 0 fully saturated rings. The molecule has 4 rings (SSSR count). The van der Waals surface area contributed by atoms with Crippen LogP contribution in [0.25, 0.3) is 10.9 Å². The molecule has 0 radical (unpaired) electrons. The number of hydrogen-bond donors (Lipinski definition) is 3. The number of halogens is 3. The van der Waals surface area contributed by atoms with Crippen molar-refractivity contribution in [2.24, 2.45) is 0 Å². The van der Waals surface area contributed by atoms with E-state index in [1.165, 1.54) is 13.2 Å². The average molecular weight is 361 g/mol. The van der Waals surface area contributed by atoms with Gasteiger partial charge in [-0.1, -0.05) is 30.3 Å². The highest BCUT2D eigenvalue weighted by molar-refractivity contribution is 5.98. The lowest BCUT2D eigenvalue weighted by Crippen LogP contribution is -2.49.